The fourth-order valence-corrected chi connectivity index (χ4v) is 3.20. The van der Waals surface area contributed by atoms with Gasteiger partial charge in [0.2, 0.25) is 0 Å². The van der Waals surface area contributed by atoms with Gasteiger partial charge in [-0.1, -0.05) is 0 Å². The summed E-state index contributed by atoms with van der Waals surface area (Å²) in [6, 6.07) is 5.09. The van der Waals surface area contributed by atoms with Gasteiger partial charge in [0.1, 0.15) is 11.7 Å². The summed E-state index contributed by atoms with van der Waals surface area (Å²) in [5.74, 6) is -1.92. The van der Waals surface area contributed by atoms with E-state index in [-0.39, 0.29) is 36.9 Å². The van der Waals surface area contributed by atoms with Gasteiger partial charge in [-0.05, 0) is 58.6 Å². The molecule has 0 bridgehead atoms. The second-order valence-electron chi connectivity index (χ2n) is 7.98. The Morgan fingerprint density at radius 2 is 1.62 bits per heavy atom. The summed E-state index contributed by atoms with van der Waals surface area (Å²) < 4.78 is 15.7. The molecule has 0 unspecified atom stereocenters. The Kier molecular flexibility index (Phi) is 6.61. The fraction of sp³-hybridized carbons (Fsp3) is 0.550. The van der Waals surface area contributed by atoms with Crippen molar-refractivity contribution in [2.75, 3.05) is 7.11 Å². The van der Waals surface area contributed by atoms with E-state index in [0.29, 0.717) is 0 Å². The van der Waals surface area contributed by atoms with Crippen LogP contribution in [0.25, 0.3) is 0 Å². The first-order valence-electron chi connectivity index (χ1n) is 9.26. The number of non-ortho nitro benzene ring substituents is 1. The van der Waals surface area contributed by atoms with Crippen LogP contribution < -0.4 is 0 Å². The van der Waals surface area contributed by atoms with Crippen molar-refractivity contribution in [2.45, 2.75) is 58.2 Å². The third-order valence-electron chi connectivity index (χ3n) is 4.74. The second-order valence-corrected chi connectivity index (χ2v) is 7.98. The van der Waals surface area contributed by atoms with Gasteiger partial charge < -0.3 is 14.2 Å². The number of esters is 3. The molecule has 1 aliphatic rings. The van der Waals surface area contributed by atoms with Crippen LogP contribution in [0.2, 0.25) is 0 Å². The number of hydrogen-bond donors (Lipinski definition) is 0. The Bertz CT molecular complexity index is 786. The Balaban J connectivity index is 2.04. The third-order valence-corrected chi connectivity index (χ3v) is 4.74. The van der Waals surface area contributed by atoms with E-state index in [9.17, 15) is 24.5 Å². The van der Waals surface area contributed by atoms with E-state index in [2.05, 4.69) is 0 Å². The molecule has 0 saturated heterocycles. The first kappa shape index (κ1) is 22.3. The molecular formula is C20H25NO8. The zero-order valence-electron chi connectivity index (χ0n) is 16.9. The maximum absolute atomic E-state index is 12.7. The number of ether oxygens (including phenoxy) is 3. The minimum Gasteiger partial charge on any atom is -0.468 e. The first-order chi connectivity index (χ1) is 13.5. The van der Waals surface area contributed by atoms with Gasteiger partial charge in [-0.15, -0.1) is 0 Å². The second kappa shape index (κ2) is 8.59. The van der Waals surface area contributed by atoms with Gasteiger partial charge in [-0.25, -0.2) is 4.79 Å². The molecule has 0 aromatic heterocycles. The minimum absolute atomic E-state index is 0.126. The number of carbonyl (C=O) groups is 3. The zero-order chi connectivity index (χ0) is 21.8. The summed E-state index contributed by atoms with van der Waals surface area (Å²) in [5.41, 5.74) is -2.11. The van der Waals surface area contributed by atoms with Crippen LogP contribution in [0.5, 0.6) is 0 Å². The predicted molar refractivity (Wildman–Crippen MR) is 101 cm³/mol. The molecule has 0 radical (unpaired) electrons. The summed E-state index contributed by atoms with van der Waals surface area (Å²) in [4.78, 5) is 47.5. The molecule has 0 amide bonds. The van der Waals surface area contributed by atoms with Crippen molar-refractivity contribution >= 4 is 23.6 Å². The Morgan fingerprint density at radius 3 is 2.07 bits per heavy atom. The van der Waals surface area contributed by atoms with E-state index < -0.39 is 40.0 Å². The van der Waals surface area contributed by atoms with Crippen LogP contribution in [-0.4, -0.2) is 41.6 Å². The highest BCUT2D eigenvalue weighted by molar-refractivity contribution is 6.00. The molecule has 9 heteroatoms. The Labute approximate surface area is 168 Å². The molecule has 1 aliphatic carbocycles. The van der Waals surface area contributed by atoms with Crippen LogP contribution in [0, 0.1) is 15.5 Å². The number of nitrogens with zero attached hydrogens (tertiary/aromatic N) is 1. The van der Waals surface area contributed by atoms with E-state index in [1.54, 1.807) is 20.8 Å². The van der Waals surface area contributed by atoms with E-state index in [1.165, 1.54) is 31.4 Å². The highest BCUT2D eigenvalue weighted by atomic mass is 16.6. The lowest BCUT2D eigenvalue weighted by molar-refractivity contribution is -0.384. The van der Waals surface area contributed by atoms with Crippen LogP contribution in [0.3, 0.4) is 0 Å². The topological polar surface area (TPSA) is 122 Å². The molecule has 29 heavy (non-hydrogen) atoms. The molecule has 0 atom stereocenters. The van der Waals surface area contributed by atoms with E-state index >= 15 is 0 Å². The van der Waals surface area contributed by atoms with E-state index in [1.807, 2.05) is 0 Å². The van der Waals surface area contributed by atoms with Gasteiger partial charge >= 0.3 is 17.9 Å². The molecule has 1 saturated carbocycles. The zero-order valence-corrected chi connectivity index (χ0v) is 16.9. The van der Waals surface area contributed by atoms with Gasteiger partial charge in [0.05, 0.1) is 17.6 Å². The number of nitro benzene ring substituents is 1. The number of nitro groups is 1. The van der Waals surface area contributed by atoms with Crippen molar-refractivity contribution in [2.24, 2.45) is 5.41 Å². The predicted octanol–water partition coefficient (Wildman–Crippen LogP) is 3.20. The van der Waals surface area contributed by atoms with Crippen LogP contribution in [0.15, 0.2) is 24.3 Å². The van der Waals surface area contributed by atoms with Crippen molar-refractivity contribution in [1.29, 1.82) is 0 Å². The van der Waals surface area contributed by atoms with Crippen LogP contribution in [0.4, 0.5) is 5.69 Å². The average molecular weight is 407 g/mol. The Hall–Kier alpha value is -2.97. The number of methoxy groups -OCH3 is 1. The van der Waals surface area contributed by atoms with Crippen LogP contribution in [0.1, 0.15) is 56.8 Å². The van der Waals surface area contributed by atoms with Gasteiger partial charge in [0.25, 0.3) is 5.69 Å². The van der Waals surface area contributed by atoms with Crippen molar-refractivity contribution < 1.29 is 33.5 Å². The van der Waals surface area contributed by atoms with Gasteiger partial charge in [-0.2, -0.15) is 0 Å². The summed E-state index contributed by atoms with van der Waals surface area (Å²) >= 11 is 0. The lowest BCUT2D eigenvalue weighted by Crippen LogP contribution is -2.47. The van der Waals surface area contributed by atoms with Gasteiger partial charge in [0.15, 0.2) is 5.41 Å². The quantitative estimate of drug-likeness (QED) is 0.240. The minimum atomic E-state index is -1.42. The van der Waals surface area contributed by atoms with Gasteiger partial charge in [0, 0.05) is 12.1 Å². The summed E-state index contributed by atoms with van der Waals surface area (Å²) in [7, 11) is 1.22. The summed E-state index contributed by atoms with van der Waals surface area (Å²) in [6.45, 7) is 5.15. The maximum Gasteiger partial charge on any atom is 0.338 e. The molecule has 2 rings (SSSR count). The SMILES string of the molecule is COC(=O)C1(C(=O)OC(C)(C)C)CCC(OC(=O)c2ccc([N+](=O)[O-])cc2)CC1. The van der Waals surface area contributed by atoms with Crippen molar-refractivity contribution in [3.63, 3.8) is 0 Å². The van der Waals surface area contributed by atoms with Crippen LogP contribution in [-0.2, 0) is 23.8 Å². The maximum atomic E-state index is 12.7. The standard InChI is InChI=1S/C20H25NO8/c1-19(2,3)29-18(24)20(17(23)27-4)11-9-15(10-12-20)28-16(22)13-5-7-14(8-6-13)21(25)26/h5-8,15H,9-12H2,1-4H3. The molecule has 1 aromatic carbocycles. The number of carbonyl (C=O) groups excluding carboxylic acids is 3. The third kappa shape index (κ3) is 5.30. The first-order valence-corrected chi connectivity index (χ1v) is 9.26. The highest BCUT2D eigenvalue weighted by Gasteiger charge is 2.52. The summed E-state index contributed by atoms with van der Waals surface area (Å²) in [6.07, 6.45) is 0.345. The molecule has 0 aliphatic heterocycles. The number of hydrogen-bond acceptors (Lipinski definition) is 8. The lowest BCUT2D eigenvalue weighted by Gasteiger charge is -2.37. The molecule has 158 valence electrons. The lowest BCUT2D eigenvalue weighted by atomic mass is 9.73. The molecule has 0 spiro atoms. The smallest absolute Gasteiger partial charge is 0.338 e. The van der Waals surface area contributed by atoms with Crippen molar-refractivity contribution in [3.8, 4) is 0 Å². The molecule has 0 heterocycles. The fourth-order valence-electron chi connectivity index (χ4n) is 3.20. The molecule has 0 N–H and O–H groups in total. The largest absolute Gasteiger partial charge is 0.468 e. The van der Waals surface area contributed by atoms with E-state index in [4.69, 9.17) is 14.2 Å². The average Bonchev–Trinajstić information content (AvgIpc) is 2.66. The monoisotopic (exact) mass is 407 g/mol. The number of benzene rings is 1. The summed E-state index contributed by atoms with van der Waals surface area (Å²) in [5, 5.41) is 10.7. The molecule has 1 fully saturated rings. The highest BCUT2D eigenvalue weighted by Crippen LogP contribution is 2.40. The van der Waals surface area contributed by atoms with Crippen molar-refractivity contribution in [1.82, 2.24) is 0 Å². The van der Waals surface area contributed by atoms with E-state index in [0.717, 1.165) is 0 Å². The van der Waals surface area contributed by atoms with Gasteiger partial charge in [-0.3, -0.25) is 19.7 Å². The Morgan fingerprint density at radius 1 is 1.07 bits per heavy atom. The molecule has 9 nitrogen and oxygen atoms in total. The molecular weight excluding hydrogens is 382 g/mol. The normalized spacial score (nSPS) is 21.7. The number of rotatable bonds is 5. The van der Waals surface area contributed by atoms with Crippen LogP contribution >= 0.6 is 0 Å². The molecule has 1 aromatic rings. The van der Waals surface area contributed by atoms with Crippen molar-refractivity contribution in [3.05, 3.63) is 39.9 Å².